The van der Waals surface area contributed by atoms with Crippen molar-refractivity contribution >= 4 is 11.9 Å². The summed E-state index contributed by atoms with van der Waals surface area (Å²) in [7, 11) is 0. The number of amides is 1. The molecule has 0 aliphatic carbocycles. The topological polar surface area (TPSA) is 78.9 Å². The molecule has 1 heterocycles. The van der Waals surface area contributed by atoms with Gasteiger partial charge in [0, 0.05) is 13.1 Å². The highest BCUT2D eigenvalue weighted by molar-refractivity contribution is 5.88. The Labute approximate surface area is 177 Å². The lowest BCUT2D eigenvalue weighted by atomic mass is 9.88. The SMILES string of the molecule is O=C(COc1ccc(C(F)(F)F)cc1)NC1(C(=O)O)CCCN(Cc2ccccc2)C1. The van der Waals surface area contributed by atoms with Crippen LogP contribution in [0, 0.1) is 0 Å². The number of carboxylic acid groups (broad SMARTS) is 1. The van der Waals surface area contributed by atoms with Gasteiger partial charge < -0.3 is 15.2 Å². The first-order valence-electron chi connectivity index (χ1n) is 9.79. The van der Waals surface area contributed by atoms with Crippen LogP contribution >= 0.6 is 0 Å². The van der Waals surface area contributed by atoms with Gasteiger partial charge in [-0.3, -0.25) is 9.69 Å². The van der Waals surface area contributed by atoms with Gasteiger partial charge in [0.1, 0.15) is 5.75 Å². The fourth-order valence-corrected chi connectivity index (χ4v) is 3.64. The molecule has 1 aliphatic rings. The number of carbonyl (C=O) groups excluding carboxylic acids is 1. The lowest BCUT2D eigenvalue weighted by Gasteiger charge is -2.40. The third-order valence-corrected chi connectivity index (χ3v) is 5.16. The molecule has 1 saturated heterocycles. The van der Waals surface area contributed by atoms with E-state index in [2.05, 4.69) is 5.32 Å². The molecule has 3 rings (SSSR count). The van der Waals surface area contributed by atoms with E-state index in [0.717, 1.165) is 29.8 Å². The molecule has 1 fully saturated rings. The van der Waals surface area contributed by atoms with E-state index in [1.807, 2.05) is 35.2 Å². The Morgan fingerprint density at radius 2 is 1.77 bits per heavy atom. The predicted molar refractivity (Wildman–Crippen MR) is 106 cm³/mol. The molecule has 9 heteroatoms. The van der Waals surface area contributed by atoms with Gasteiger partial charge in [-0.2, -0.15) is 13.2 Å². The van der Waals surface area contributed by atoms with Crippen LogP contribution in [0.15, 0.2) is 54.6 Å². The van der Waals surface area contributed by atoms with Crippen molar-refractivity contribution in [3.8, 4) is 5.75 Å². The number of hydrogen-bond donors (Lipinski definition) is 2. The molecule has 0 bridgehead atoms. The Kier molecular flexibility index (Phi) is 6.84. The van der Waals surface area contributed by atoms with E-state index >= 15 is 0 Å². The molecule has 1 unspecified atom stereocenters. The molecule has 166 valence electrons. The number of rotatable bonds is 7. The first-order chi connectivity index (χ1) is 14.7. The highest BCUT2D eigenvalue weighted by atomic mass is 19.4. The maximum absolute atomic E-state index is 12.6. The normalized spacial score (nSPS) is 19.6. The van der Waals surface area contributed by atoms with Gasteiger partial charge in [0.15, 0.2) is 12.1 Å². The summed E-state index contributed by atoms with van der Waals surface area (Å²) in [5.74, 6) is -1.70. The standard InChI is InChI=1S/C22H23F3N2O4/c23-22(24,25)17-7-9-18(10-8-17)31-14-19(28)26-21(20(29)30)11-4-12-27(15-21)13-16-5-2-1-3-6-16/h1-3,5-10H,4,11-15H2,(H,26,28)(H,29,30). The summed E-state index contributed by atoms with van der Waals surface area (Å²) >= 11 is 0. The second kappa shape index (κ2) is 9.38. The summed E-state index contributed by atoms with van der Waals surface area (Å²) in [5, 5.41) is 12.4. The van der Waals surface area contributed by atoms with E-state index in [9.17, 15) is 27.9 Å². The number of alkyl halides is 3. The lowest BCUT2D eigenvalue weighted by molar-refractivity contribution is -0.151. The smallest absolute Gasteiger partial charge is 0.416 e. The summed E-state index contributed by atoms with van der Waals surface area (Å²) in [5.41, 5.74) is -1.23. The van der Waals surface area contributed by atoms with E-state index in [-0.39, 0.29) is 18.7 Å². The zero-order chi connectivity index (χ0) is 22.5. The highest BCUT2D eigenvalue weighted by Gasteiger charge is 2.43. The summed E-state index contributed by atoms with van der Waals surface area (Å²) in [4.78, 5) is 26.4. The Hall–Kier alpha value is -3.07. The van der Waals surface area contributed by atoms with E-state index in [1.54, 1.807) is 0 Å². The Morgan fingerprint density at radius 1 is 1.10 bits per heavy atom. The largest absolute Gasteiger partial charge is 0.484 e. The van der Waals surface area contributed by atoms with E-state index < -0.39 is 35.8 Å². The molecule has 0 aromatic heterocycles. The van der Waals surface area contributed by atoms with Crippen LogP contribution in [0.3, 0.4) is 0 Å². The van der Waals surface area contributed by atoms with Crippen molar-refractivity contribution in [3.63, 3.8) is 0 Å². The first-order valence-corrected chi connectivity index (χ1v) is 9.79. The van der Waals surface area contributed by atoms with Gasteiger partial charge in [0.25, 0.3) is 5.91 Å². The molecular weight excluding hydrogens is 413 g/mol. The Bertz CT molecular complexity index is 903. The Balaban J connectivity index is 1.59. The zero-order valence-electron chi connectivity index (χ0n) is 16.7. The minimum atomic E-state index is -4.46. The van der Waals surface area contributed by atoms with Crippen molar-refractivity contribution in [2.24, 2.45) is 0 Å². The summed E-state index contributed by atoms with van der Waals surface area (Å²) < 4.78 is 43.1. The van der Waals surface area contributed by atoms with Crippen molar-refractivity contribution in [2.45, 2.75) is 31.1 Å². The van der Waals surface area contributed by atoms with Gasteiger partial charge in [-0.05, 0) is 49.2 Å². The number of ether oxygens (including phenoxy) is 1. The summed E-state index contributed by atoms with van der Waals surface area (Å²) in [6, 6.07) is 13.6. The molecule has 0 radical (unpaired) electrons. The number of aliphatic carboxylic acids is 1. The van der Waals surface area contributed by atoms with Gasteiger partial charge in [-0.15, -0.1) is 0 Å². The van der Waals surface area contributed by atoms with Crippen molar-refractivity contribution in [1.82, 2.24) is 10.2 Å². The maximum atomic E-state index is 12.6. The third-order valence-electron chi connectivity index (χ3n) is 5.16. The van der Waals surface area contributed by atoms with Crippen LogP contribution in [-0.4, -0.2) is 47.1 Å². The quantitative estimate of drug-likeness (QED) is 0.696. The number of carboxylic acids is 1. The molecule has 1 amide bonds. The van der Waals surface area contributed by atoms with Crippen molar-refractivity contribution in [2.75, 3.05) is 19.7 Å². The van der Waals surface area contributed by atoms with Gasteiger partial charge in [-0.1, -0.05) is 30.3 Å². The van der Waals surface area contributed by atoms with Gasteiger partial charge in [0.05, 0.1) is 5.56 Å². The summed E-state index contributed by atoms with van der Waals surface area (Å²) in [6.07, 6.45) is -3.59. The lowest BCUT2D eigenvalue weighted by Crippen LogP contribution is -2.63. The maximum Gasteiger partial charge on any atom is 0.416 e. The van der Waals surface area contributed by atoms with Crippen molar-refractivity contribution in [1.29, 1.82) is 0 Å². The molecule has 1 aliphatic heterocycles. The number of hydrogen-bond acceptors (Lipinski definition) is 4. The first kappa shape index (κ1) is 22.6. The number of likely N-dealkylation sites (tertiary alicyclic amines) is 1. The minimum absolute atomic E-state index is 0.0851. The average Bonchev–Trinajstić information content (AvgIpc) is 2.73. The minimum Gasteiger partial charge on any atom is -0.484 e. The second-order valence-electron chi connectivity index (χ2n) is 7.55. The van der Waals surface area contributed by atoms with Gasteiger partial charge in [0.2, 0.25) is 0 Å². The van der Waals surface area contributed by atoms with Crippen molar-refractivity contribution < 1.29 is 32.6 Å². The monoisotopic (exact) mass is 436 g/mol. The number of benzene rings is 2. The van der Waals surface area contributed by atoms with Crippen LogP contribution in [0.1, 0.15) is 24.0 Å². The molecule has 2 aromatic rings. The molecule has 0 saturated carbocycles. The van der Waals surface area contributed by atoms with E-state index in [1.165, 1.54) is 0 Å². The predicted octanol–water partition coefficient (Wildman–Crippen LogP) is 3.32. The second-order valence-corrected chi connectivity index (χ2v) is 7.55. The van der Waals surface area contributed by atoms with E-state index in [4.69, 9.17) is 4.74 Å². The van der Waals surface area contributed by atoms with Crippen LogP contribution in [0.25, 0.3) is 0 Å². The van der Waals surface area contributed by atoms with Crippen LogP contribution in [-0.2, 0) is 22.3 Å². The molecule has 2 aromatic carbocycles. The Morgan fingerprint density at radius 3 is 2.39 bits per heavy atom. The molecule has 2 N–H and O–H groups in total. The molecule has 6 nitrogen and oxygen atoms in total. The average molecular weight is 436 g/mol. The zero-order valence-corrected chi connectivity index (χ0v) is 16.7. The number of nitrogens with zero attached hydrogens (tertiary/aromatic N) is 1. The van der Waals surface area contributed by atoms with Crippen molar-refractivity contribution in [3.05, 3.63) is 65.7 Å². The highest BCUT2D eigenvalue weighted by Crippen LogP contribution is 2.30. The molecular formula is C22H23F3N2O4. The third kappa shape index (κ3) is 5.97. The van der Waals surface area contributed by atoms with Crippen LogP contribution in [0.5, 0.6) is 5.75 Å². The van der Waals surface area contributed by atoms with Gasteiger partial charge >= 0.3 is 12.1 Å². The molecule has 31 heavy (non-hydrogen) atoms. The van der Waals surface area contributed by atoms with E-state index in [0.29, 0.717) is 19.5 Å². The number of nitrogens with one attached hydrogen (secondary N) is 1. The fraction of sp³-hybridized carbons (Fsp3) is 0.364. The summed E-state index contributed by atoms with van der Waals surface area (Å²) in [6.45, 7) is 0.915. The number of piperidine rings is 1. The van der Waals surface area contributed by atoms with Crippen LogP contribution in [0.4, 0.5) is 13.2 Å². The molecule has 0 spiro atoms. The van der Waals surface area contributed by atoms with Crippen LogP contribution in [0.2, 0.25) is 0 Å². The number of carbonyl (C=O) groups is 2. The number of halogens is 3. The van der Waals surface area contributed by atoms with Gasteiger partial charge in [-0.25, -0.2) is 4.79 Å². The fourth-order valence-electron chi connectivity index (χ4n) is 3.64. The van der Waals surface area contributed by atoms with Crippen LogP contribution < -0.4 is 10.1 Å². The molecule has 1 atom stereocenters.